The summed E-state index contributed by atoms with van der Waals surface area (Å²) in [6.07, 6.45) is 3.11. The molecule has 7 nitrogen and oxygen atoms in total. The van der Waals surface area contributed by atoms with Gasteiger partial charge in [0, 0.05) is 0 Å². The Hall–Kier alpha value is -1.83. The largest absolute Gasteiger partial charge is 0.475 e. The van der Waals surface area contributed by atoms with E-state index in [1.54, 1.807) is 0 Å². The highest BCUT2D eigenvalue weighted by Crippen LogP contribution is 2.38. The lowest BCUT2D eigenvalue weighted by Crippen LogP contribution is -2.38. The molecule has 0 aromatic carbocycles. The van der Waals surface area contributed by atoms with Crippen molar-refractivity contribution in [3.05, 3.63) is 17.8 Å². The van der Waals surface area contributed by atoms with Gasteiger partial charge in [-0.3, -0.25) is 9.52 Å². The predicted octanol–water partition coefficient (Wildman–Crippen LogP) is -0.325. The van der Waals surface area contributed by atoms with Gasteiger partial charge >= 0.3 is 0 Å². The Bertz CT molecular complexity index is 587. The molecule has 0 radical (unpaired) electrons. The summed E-state index contributed by atoms with van der Waals surface area (Å²) in [5, 5.41) is 2.88. The zero-order valence-corrected chi connectivity index (χ0v) is 10.2. The van der Waals surface area contributed by atoms with Crippen LogP contribution < -0.4 is 14.8 Å². The van der Waals surface area contributed by atoms with E-state index in [-0.39, 0.29) is 28.6 Å². The number of amides is 1. The van der Waals surface area contributed by atoms with Gasteiger partial charge in [0.15, 0.2) is 0 Å². The number of fused-ring (bicyclic) bond motifs is 1. The maximum absolute atomic E-state index is 12.0. The highest BCUT2D eigenvalue weighted by Gasteiger charge is 2.47. The fourth-order valence-electron chi connectivity index (χ4n) is 1.87. The zero-order valence-electron chi connectivity index (χ0n) is 9.30. The molecule has 1 spiro atoms. The predicted molar refractivity (Wildman–Crippen MR) is 63.1 cm³/mol. The van der Waals surface area contributed by atoms with Crippen LogP contribution in [0.5, 0.6) is 5.88 Å². The van der Waals surface area contributed by atoms with Crippen molar-refractivity contribution >= 4 is 22.5 Å². The highest BCUT2D eigenvalue weighted by molar-refractivity contribution is 7.73. The first-order valence-electron chi connectivity index (χ1n) is 5.44. The number of anilines is 1. The van der Waals surface area contributed by atoms with Crippen molar-refractivity contribution in [2.45, 2.75) is 18.4 Å². The van der Waals surface area contributed by atoms with E-state index in [2.05, 4.69) is 15.0 Å². The van der Waals surface area contributed by atoms with Crippen molar-refractivity contribution in [2.24, 2.45) is 0 Å². The second-order valence-corrected chi connectivity index (χ2v) is 5.21. The topological polar surface area (TPSA) is 97.4 Å². The number of nitrogens with one attached hydrogen (secondary N) is 2. The fraction of sp³-hybridized carbons (Fsp3) is 0.400. The molecule has 96 valence electrons. The van der Waals surface area contributed by atoms with Gasteiger partial charge in [0.05, 0.1) is 17.4 Å². The molecular weight excluding hydrogens is 258 g/mol. The number of carbonyl (C=O) groups excluding carboxylic acids is 1. The van der Waals surface area contributed by atoms with Gasteiger partial charge in [0.2, 0.25) is 16.8 Å². The number of rotatable bonds is 2. The van der Waals surface area contributed by atoms with Crippen molar-refractivity contribution in [3.63, 3.8) is 0 Å². The molecule has 1 aliphatic heterocycles. The van der Waals surface area contributed by atoms with Crippen molar-refractivity contribution in [1.82, 2.24) is 10.3 Å². The van der Waals surface area contributed by atoms with Crippen LogP contribution in [0.25, 0.3) is 0 Å². The lowest BCUT2D eigenvalue weighted by atomic mass is 10.2. The molecule has 3 rings (SSSR count). The second-order valence-electron chi connectivity index (χ2n) is 4.47. The lowest BCUT2D eigenvalue weighted by molar-refractivity contribution is 0.0932. The number of pyridine rings is 1. The molecular formula is C10H11N3O4S. The van der Waals surface area contributed by atoms with Crippen LogP contribution in [0.2, 0.25) is 0 Å². The van der Waals surface area contributed by atoms with E-state index in [1.165, 1.54) is 12.3 Å². The van der Waals surface area contributed by atoms with Crippen LogP contribution in [0.3, 0.4) is 0 Å². The SMILES string of the molecule is O=C1NC2(CC2)COc2ncc(N[SH](=O)=O)cc21. The monoisotopic (exact) mass is 269 g/mol. The van der Waals surface area contributed by atoms with Crippen LogP contribution in [0.15, 0.2) is 12.3 Å². The first-order chi connectivity index (χ1) is 8.58. The third kappa shape index (κ3) is 1.99. The Morgan fingerprint density at radius 2 is 2.22 bits per heavy atom. The molecule has 18 heavy (non-hydrogen) atoms. The van der Waals surface area contributed by atoms with Gasteiger partial charge in [-0.25, -0.2) is 13.4 Å². The minimum absolute atomic E-state index is 0.239. The van der Waals surface area contributed by atoms with Gasteiger partial charge in [0.1, 0.15) is 12.2 Å². The van der Waals surface area contributed by atoms with E-state index in [9.17, 15) is 13.2 Å². The molecule has 1 aliphatic carbocycles. The van der Waals surface area contributed by atoms with Gasteiger partial charge in [-0.2, -0.15) is 0 Å². The normalized spacial score (nSPS) is 19.7. The van der Waals surface area contributed by atoms with Gasteiger partial charge < -0.3 is 10.1 Å². The standard InChI is InChI=1S/C10H11N3O4S/c14-8-7-3-6(13-18(15)16)4-11-9(7)17-5-10(12-8)1-2-10/h3-4,18H,1-2,5H2,(H,12,14)(H,13,15,16). The van der Waals surface area contributed by atoms with Crippen molar-refractivity contribution < 1.29 is 17.9 Å². The second kappa shape index (κ2) is 3.84. The molecule has 0 atom stereocenters. The van der Waals surface area contributed by atoms with E-state index in [0.29, 0.717) is 6.61 Å². The molecule has 2 aliphatic rings. The Labute approximate surface area is 105 Å². The summed E-state index contributed by atoms with van der Waals surface area (Å²) in [5.41, 5.74) is 0.241. The number of ether oxygens (including phenoxy) is 1. The summed E-state index contributed by atoms with van der Waals surface area (Å²) in [6, 6.07) is 1.42. The van der Waals surface area contributed by atoms with Crippen LogP contribution in [0.4, 0.5) is 5.69 Å². The van der Waals surface area contributed by atoms with E-state index in [0.717, 1.165) is 12.8 Å². The van der Waals surface area contributed by atoms with Crippen LogP contribution >= 0.6 is 0 Å². The highest BCUT2D eigenvalue weighted by atomic mass is 32.2. The summed E-state index contributed by atoms with van der Waals surface area (Å²) in [7, 11) is -2.78. The Kier molecular flexibility index (Phi) is 2.40. The summed E-state index contributed by atoms with van der Waals surface area (Å²) in [4.78, 5) is 16.0. The average Bonchev–Trinajstić information content (AvgIpc) is 3.08. The molecule has 1 aromatic heterocycles. The number of hydrogen-bond donors (Lipinski definition) is 3. The molecule has 1 fully saturated rings. The number of aromatic nitrogens is 1. The average molecular weight is 269 g/mol. The maximum Gasteiger partial charge on any atom is 0.257 e. The van der Waals surface area contributed by atoms with E-state index >= 15 is 0 Å². The quantitative estimate of drug-likeness (QED) is 0.639. The smallest absolute Gasteiger partial charge is 0.257 e. The van der Waals surface area contributed by atoms with Gasteiger partial charge in [-0.15, -0.1) is 0 Å². The van der Waals surface area contributed by atoms with Crippen LogP contribution in [0.1, 0.15) is 23.2 Å². The van der Waals surface area contributed by atoms with Gasteiger partial charge in [-0.1, -0.05) is 0 Å². The molecule has 1 aromatic rings. The number of nitrogens with zero attached hydrogens (tertiary/aromatic N) is 1. The molecule has 0 bridgehead atoms. The van der Waals surface area contributed by atoms with Crippen molar-refractivity contribution in [1.29, 1.82) is 0 Å². The Balaban J connectivity index is 1.95. The van der Waals surface area contributed by atoms with Crippen molar-refractivity contribution in [2.75, 3.05) is 11.3 Å². The first kappa shape index (κ1) is 11.3. The summed E-state index contributed by atoms with van der Waals surface area (Å²) in [6.45, 7) is 0.404. The minimum Gasteiger partial charge on any atom is -0.475 e. The maximum atomic E-state index is 12.0. The van der Waals surface area contributed by atoms with Gasteiger partial charge in [0.25, 0.3) is 5.91 Å². The van der Waals surface area contributed by atoms with E-state index in [4.69, 9.17) is 4.74 Å². The van der Waals surface area contributed by atoms with Crippen LogP contribution in [0, 0.1) is 0 Å². The number of thiol groups is 1. The Morgan fingerprint density at radius 1 is 1.44 bits per heavy atom. The van der Waals surface area contributed by atoms with E-state index in [1.807, 2.05) is 0 Å². The van der Waals surface area contributed by atoms with Crippen LogP contribution in [-0.2, 0) is 10.9 Å². The minimum atomic E-state index is -2.78. The van der Waals surface area contributed by atoms with Gasteiger partial charge in [-0.05, 0) is 18.9 Å². The molecule has 8 heteroatoms. The molecule has 2 heterocycles. The Morgan fingerprint density at radius 3 is 2.89 bits per heavy atom. The zero-order chi connectivity index (χ0) is 12.8. The molecule has 0 saturated heterocycles. The lowest BCUT2D eigenvalue weighted by Gasteiger charge is -2.11. The molecule has 2 N–H and O–H groups in total. The van der Waals surface area contributed by atoms with E-state index < -0.39 is 10.9 Å². The molecule has 1 amide bonds. The summed E-state index contributed by atoms with van der Waals surface area (Å²) in [5.74, 6) is -0.0415. The summed E-state index contributed by atoms with van der Waals surface area (Å²) < 4.78 is 28.8. The van der Waals surface area contributed by atoms with Crippen molar-refractivity contribution in [3.8, 4) is 5.88 Å². The molecule has 0 unspecified atom stereocenters. The number of hydrogen-bond acceptors (Lipinski definition) is 5. The first-order valence-corrected chi connectivity index (χ1v) is 6.62. The fourth-order valence-corrected chi connectivity index (χ4v) is 2.20. The third-order valence-corrected chi connectivity index (χ3v) is 3.47. The molecule has 1 saturated carbocycles. The third-order valence-electron chi connectivity index (χ3n) is 3.03. The summed E-state index contributed by atoms with van der Waals surface area (Å²) >= 11 is 0. The number of carbonyl (C=O) groups is 1. The van der Waals surface area contributed by atoms with Crippen LogP contribution in [-0.4, -0.2) is 31.5 Å².